The maximum absolute atomic E-state index is 14.0. The summed E-state index contributed by atoms with van der Waals surface area (Å²) in [6.07, 6.45) is -7.28. The summed E-state index contributed by atoms with van der Waals surface area (Å²) in [6, 6.07) is 11.1. The summed E-state index contributed by atoms with van der Waals surface area (Å²) in [5.41, 5.74) is 5.05. The van der Waals surface area contributed by atoms with Crippen molar-refractivity contribution < 1.29 is 35.5 Å². The molecule has 3 N–H and O–H groups in total. The predicted octanol–water partition coefficient (Wildman–Crippen LogP) is 6.95. The highest BCUT2D eigenvalue weighted by molar-refractivity contribution is 6.29. The molecule has 4 rings (SSSR count). The number of rotatable bonds is 8. The molecule has 0 aliphatic heterocycles. The molecule has 2 heterocycles. The van der Waals surface area contributed by atoms with Crippen molar-refractivity contribution in [2.24, 2.45) is 5.10 Å². The molecule has 0 radical (unpaired) electrons. The summed E-state index contributed by atoms with van der Waals surface area (Å²) in [5, 5.41) is 8.28. The largest absolute Gasteiger partial charge is 0.573 e. The second kappa shape index (κ2) is 11.8. The second-order valence-corrected chi connectivity index (χ2v) is 8.54. The molecule has 2 aromatic heterocycles. The Morgan fingerprint density at radius 2 is 1.71 bits per heavy atom. The van der Waals surface area contributed by atoms with E-state index in [2.05, 4.69) is 30.1 Å². The van der Waals surface area contributed by atoms with Gasteiger partial charge in [0.2, 0.25) is 5.95 Å². The molecule has 0 amide bonds. The molecule has 214 valence electrons. The van der Waals surface area contributed by atoms with Crippen LogP contribution in [0.4, 0.5) is 54.0 Å². The Morgan fingerprint density at radius 3 is 2.34 bits per heavy atom. The molecule has 0 atom stereocenters. The van der Waals surface area contributed by atoms with Gasteiger partial charge in [0.15, 0.2) is 5.82 Å². The minimum atomic E-state index is -5.02. The fourth-order valence-electron chi connectivity index (χ4n) is 3.33. The van der Waals surface area contributed by atoms with Gasteiger partial charge >= 0.3 is 12.5 Å². The number of benzene rings is 2. The lowest BCUT2D eigenvalue weighted by Crippen LogP contribution is -2.17. The van der Waals surface area contributed by atoms with E-state index in [-0.39, 0.29) is 40.5 Å². The number of alkyl halides is 6. The van der Waals surface area contributed by atoms with Gasteiger partial charge in [0.25, 0.3) is 0 Å². The molecular formula is C25H17ClF7N7O. The Hall–Kier alpha value is -4.66. The van der Waals surface area contributed by atoms with Crippen molar-refractivity contribution >= 4 is 41.1 Å². The molecule has 41 heavy (non-hydrogen) atoms. The second-order valence-electron chi connectivity index (χ2n) is 8.15. The molecule has 4 aromatic rings. The van der Waals surface area contributed by atoms with Gasteiger partial charge in [-0.3, -0.25) is 0 Å². The van der Waals surface area contributed by atoms with Crippen molar-refractivity contribution in [3.8, 4) is 5.75 Å². The summed E-state index contributed by atoms with van der Waals surface area (Å²) in [4.78, 5) is 12.3. The van der Waals surface area contributed by atoms with Crippen LogP contribution in [-0.4, -0.2) is 27.5 Å². The van der Waals surface area contributed by atoms with Crippen molar-refractivity contribution in [2.75, 3.05) is 16.1 Å². The Labute approximate surface area is 232 Å². The number of nitrogens with one attached hydrogen (secondary N) is 1. The van der Waals surface area contributed by atoms with Crippen molar-refractivity contribution in [1.82, 2.24) is 15.0 Å². The number of nitrogen functional groups attached to an aromatic ring is 1. The zero-order chi connectivity index (χ0) is 29.8. The van der Waals surface area contributed by atoms with Crippen LogP contribution in [0.5, 0.6) is 5.75 Å². The number of ether oxygens (including phenoxy) is 1. The van der Waals surface area contributed by atoms with Crippen LogP contribution in [0.2, 0.25) is 5.15 Å². The molecule has 0 aliphatic carbocycles. The van der Waals surface area contributed by atoms with E-state index < -0.39 is 29.7 Å². The summed E-state index contributed by atoms with van der Waals surface area (Å²) >= 11 is 5.78. The van der Waals surface area contributed by atoms with Gasteiger partial charge in [0.05, 0.1) is 17.5 Å². The highest BCUT2D eigenvalue weighted by atomic mass is 35.5. The zero-order valence-corrected chi connectivity index (χ0v) is 21.1. The summed E-state index contributed by atoms with van der Waals surface area (Å²) in [6.45, 7) is 0.178. The third-order valence-corrected chi connectivity index (χ3v) is 5.35. The zero-order valence-electron chi connectivity index (χ0n) is 20.4. The van der Waals surface area contributed by atoms with Gasteiger partial charge in [0, 0.05) is 18.8 Å². The van der Waals surface area contributed by atoms with Gasteiger partial charge in [-0.15, -0.1) is 13.2 Å². The van der Waals surface area contributed by atoms with Crippen molar-refractivity contribution in [3.63, 3.8) is 0 Å². The number of pyridine rings is 1. The van der Waals surface area contributed by atoms with Gasteiger partial charge in [-0.05, 0) is 59.7 Å². The van der Waals surface area contributed by atoms with Crippen molar-refractivity contribution in [2.45, 2.75) is 19.1 Å². The molecule has 16 heteroatoms. The number of nitrogens with two attached hydrogens (primary N) is 1. The monoisotopic (exact) mass is 599 g/mol. The minimum absolute atomic E-state index is 0.0260. The van der Waals surface area contributed by atoms with E-state index in [1.54, 1.807) is 12.1 Å². The first kappa shape index (κ1) is 29.3. The molecule has 0 fully saturated rings. The van der Waals surface area contributed by atoms with E-state index in [1.165, 1.54) is 24.4 Å². The van der Waals surface area contributed by atoms with E-state index >= 15 is 0 Å². The molecule has 8 nitrogen and oxygen atoms in total. The molecule has 2 aromatic carbocycles. The number of nitrogens with zero attached hydrogens (tertiary/aromatic N) is 5. The standard InChI is InChI=1S/C25H17ClF7N7O/c26-20-8-3-15(11-35-20)12-36-23-38-21(34)10-22(39-23)40(16-4-7-19(27)18(9-16)24(28,29)30)37-13-14-1-5-17(6-2-14)41-25(31,32)33/h1-11,13H,12H2,(H3,34,36,38,39)/b37-13+. The Balaban J connectivity index is 1.70. The first-order valence-electron chi connectivity index (χ1n) is 11.3. The first-order chi connectivity index (χ1) is 19.3. The van der Waals surface area contributed by atoms with E-state index in [1.807, 2.05) is 0 Å². The maximum atomic E-state index is 14.0. The number of hydrogen-bond acceptors (Lipinski definition) is 8. The third-order valence-electron chi connectivity index (χ3n) is 5.12. The summed E-state index contributed by atoms with van der Waals surface area (Å²) < 4.78 is 95.6. The van der Waals surface area contributed by atoms with Gasteiger partial charge in [-0.1, -0.05) is 17.7 Å². The fourth-order valence-corrected chi connectivity index (χ4v) is 3.44. The van der Waals surface area contributed by atoms with Crippen LogP contribution < -0.4 is 20.8 Å². The van der Waals surface area contributed by atoms with Gasteiger partial charge < -0.3 is 15.8 Å². The average molecular weight is 600 g/mol. The lowest BCUT2D eigenvalue weighted by molar-refractivity contribution is -0.274. The number of hydrogen-bond donors (Lipinski definition) is 2. The van der Waals surface area contributed by atoms with Crippen LogP contribution in [0.3, 0.4) is 0 Å². The SMILES string of the molecule is Nc1cc(N(/N=C/c2ccc(OC(F)(F)F)cc2)c2ccc(F)c(C(F)(F)F)c2)nc(NCc2ccc(Cl)nc2)n1. The van der Waals surface area contributed by atoms with Crippen LogP contribution in [-0.2, 0) is 12.7 Å². The Morgan fingerprint density at radius 1 is 0.976 bits per heavy atom. The van der Waals surface area contributed by atoms with Crippen molar-refractivity contribution in [1.29, 1.82) is 0 Å². The van der Waals surface area contributed by atoms with Crippen molar-refractivity contribution in [3.05, 3.63) is 94.5 Å². The normalized spacial score (nSPS) is 12.0. The lowest BCUT2D eigenvalue weighted by Gasteiger charge is -2.21. The average Bonchev–Trinajstić information content (AvgIpc) is 2.88. The van der Waals surface area contributed by atoms with E-state index in [0.717, 1.165) is 29.4 Å². The molecular weight excluding hydrogens is 583 g/mol. The summed E-state index contributed by atoms with van der Waals surface area (Å²) in [5.74, 6) is -2.22. The fraction of sp³-hybridized carbons (Fsp3) is 0.120. The van der Waals surface area contributed by atoms with Gasteiger partial charge in [-0.2, -0.15) is 28.2 Å². The summed E-state index contributed by atoms with van der Waals surface area (Å²) in [7, 11) is 0. The van der Waals surface area contributed by atoms with Crippen LogP contribution in [0.1, 0.15) is 16.7 Å². The molecule has 0 saturated heterocycles. The minimum Gasteiger partial charge on any atom is -0.406 e. The van der Waals surface area contributed by atoms with Crippen LogP contribution in [0.15, 0.2) is 72.0 Å². The van der Waals surface area contributed by atoms with E-state index in [9.17, 15) is 30.7 Å². The molecule has 0 aliphatic rings. The smallest absolute Gasteiger partial charge is 0.406 e. The van der Waals surface area contributed by atoms with Crippen LogP contribution in [0, 0.1) is 5.82 Å². The lowest BCUT2D eigenvalue weighted by atomic mass is 10.1. The number of aromatic nitrogens is 3. The van der Waals surface area contributed by atoms with E-state index in [4.69, 9.17) is 17.3 Å². The highest BCUT2D eigenvalue weighted by Crippen LogP contribution is 2.36. The van der Waals surface area contributed by atoms with Gasteiger partial charge in [-0.25, -0.2) is 14.4 Å². The molecule has 0 saturated carbocycles. The number of anilines is 4. The maximum Gasteiger partial charge on any atom is 0.573 e. The number of halogens is 8. The molecule has 0 bridgehead atoms. The van der Waals surface area contributed by atoms with E-state index in [0.29, 0.717) is 17.7 Å². The van der Waals surface area contributed by atoms with Crippen LogP contribution in [0.25, 0.3) is 0 Å². The Bertz CT molecular complexity index is 1530. The third kappa shape index (κ3) is 8.17. The quantitative estimate of drug-likeness (QED) is 0.0978. The van der Waals surface area contributed by atoms with Gasteiger partial charge in [0.1, 0.15) is 22.5 Å². The number of hydrazone groups is 1. The first-order valence-corrected chi connectivity index (χ1v) is 11.7. The Kier molecular flexibility index (Phi) is 8.47. The molecule has 0 spiro atoms. The highest BCUT2D eigenvalue weighted by Gasteiger charge is 2.35. The van der Waals surface area contributed by atoms with Crippen LogP contribution >= 0.6 is 11.6 Å². The molecule has 0 unspecified atom stereocenters. The predicted molar refractivity (Wildman–Crippen MR) is 137 cm³/mol. The topological polar surface area (TPSA) is 102 Å².